The summed E-state index contributed by atoms with van der Waals surface area (Å²) in [5.74, 6) is 0. The summed E-state index contributed by atoms with van der Waals surface area (Å²) in [7, 11) is 0. The highest BCUT2D eigenvalue weighted by Gasteiger charge is 2.12. The van der Waals surface area contributed by atoms with E-state index in [9.17, 15) is 4.79 Å². The minimum Gasteiger partial charge on any atom is -0.384 e. The van der Waals surface area contributed by atoms with E-state index in [1.807, 2.05) is 36.4 Å². The number of hydrogen-bond donors (Lipinski definition) is 2. The molecule has 0 amide bonds. The first kappa shape index (κ1) is 17.8. The van der Waals surface area contributed by atoms with Crippen molar-refractivity contribution in [3.63, 3.8) is 0 Å². The van der Waals surface area contributed by atoms with Gasteiger partial charge in [-0.3, -0.25) is 4.79 Å². The van der Waals surface area contributed by atoms with E-state index in [4.69, 9.17) is 11.6 Å². The summed E-state index contributed by atoms with van der Waals surface area (Å²) in [5, 5.41) is 5.30. The summed E-state index contributed by atoms with van der Waals surface area (Å²) >= 11 is 6.34. The van der Waals surface area contributed by atoms with Crippen molar-refractivity contribution in [2.24, 2.45) is 0 Å². The number of aromatic amines is 1. The lowest BCUT2D eigenvalue weighted by molar-refractivity contribution is 0.303. The van der Waals surface area contributed by atoms with Gasteiger partial charge >= 0.3 is 0 Å². The summed E-state index contributed by atoms with van der Waals surface area (Å²) in [6.07, 6.45) is 1.03. The second kappa shape index (κ2) is 7.89. The van der Waals surface area contributed by atoms with E-state index in [2.05, 4.69) is 29.0 Å². The maximum Gasteiger partial charge on any atom is 0.199 e. The monoisotopic (exact) mass is 357 g/mol. The van der Waals surface area contributed by atoms with Gasteiger partial charge in [0.05, 0.1) is 15.9 Å². The molecule has 4 nitrogen and oxygen atoms in total. The number of benzene rings is 2. The first-order valence-corrected chi connectivity index (χ1v) is 9.23. The molecule has 0 saturated heterocycles. The minimum absolute atomic E-state index is 0.0121. The van der Waals surface area contributed by atoms with Gasteiger partial charge < -0.3 is 15.2 Å². The molecule has 5 heteroatoms. The lowest BCUT2D eigenvalue weighted by atomic mass is 10.1. The first-order chi connectivity index (χ1) is 12.2. The van der Waals surface area contributed by atoms with Crippen molar-refractivity contribution in [2.45, 2.75) is 20.3 Å². The van der Waals surface area contributed by atoms with Gasteiger partial charge in [-0.05, 0) is 50.3 Å². The van der Waals surface area contributed by atoms with Gasteiger partial charge in [-0.2, -0.15) is 0 Å². The van der Waals surface area contributed by atoms with E-state index in [-0.39, 0.29) is 5.43 Å². The van der Waals surface area contributed by atoms with Crippen LogP contribution in [0.1, 0.15) is 20.3 Å². The molecule has 0 fully saturated rings. The fourth-order valence-electron chi connectivity index (χ4n) is 3.21. The number of halogens is 1. The van der Waals surface area contributed by atoms with Gasteiger partial charge in [0, 0.05) is 23.1 Å². The molecule has 0 bridgehead atoms. The zero-order valence-corrected chi connectivity index (χ0v) is 15.5. The van der Waals surface area contributed by atoms with Crippen molar-refractivity contribution in [2.75, 3.05) is 31.5 Å². The Morgan fingerprint density at radius 3 is 2.64 bits per heavy atom. The van der Waals surface area contributed by atoms with Gasteiger partial charge in [0.1, 0.15) is 0 Å². The normalized spacial score (nSPS) is 11.5. The van der Waals surface area contributed by atoms with E-state index in [1.165, 1.54) is 0 Å². The average Bonchev–Trinajstić information content (AvgIpc) is 2.64. The maximum atomic E-state index is 13.0. The van der Waals surface area contributed by atoms with Crippen LogP contribution in [0.3, 0.4) is 0 Å². The van der Waals surface area contributed by atoms with Crippen LogP contribution in [0.4, 0.5) is 5.69 Å². The van der Waals surface area contributed by atoms with Gasteiger partial charge in [0.2, 0.25) is 0 Å². The van der Waals surface area contributed by atoms with Crippen molar-refractivity contribution < 1.29 is 0 Å². The Bertz CT molecular complexity index is 931. The van der Waals surface area contributed by atoms with E-state index < -0.39 is 0 Å². The third-order valence-electron chi connectivity index (χ3n) is 4.67. The molecule has 25 heavy (non-hydrogen) atoms. The Hall–Kier alpha value is -2.04. The molecule has 0 aliphatic rings. The molecule has 0 aliphatic carbocycles. The molecule has 0 unspecified atom stereocenters. The van der Waals surface area contributed by atoms with Gasteiger partial charge in [0.15, 0.2) is 5.43 Å². The third-order valence-corrected chi connectivity index (χ3v) is 4.99. The number of fused-ring (bicyclic) bond motifs is 2. The number of H-pyrrole nitrogens is 1. The van der Waals surface area contributed by atoms with Crippen LogP contribution in [0, 0.1) is 0 Å². The van der Waals surface area contributed by atoms with Gasteiger partial charge in [0.25, 0.3) is 0 Å². The second-order valence-electron chi connectivity index (χ2n) is 6.15. The predicted molar refractivity (Wildman–Crippen MR) is 108 cm³/mol. The number of aromatic nitrogens is 1. The van der Waals surface area contributed by atoms with Crippen molar-refractivity contribution in [1.29, 1.82) is 0 Å². The number of nitrogens with one attached hydrogen (secondary N) is 2. The topological polar surface area (TPSA) is 48.1 Å². The second-order valence-corrected chi connectivity index (χ2v) is 6.56. The predicted octanol–water partition coefficient (Wildman–Crippen LogP) is 4.48. The van der Waals surface area contributed by atoms with E-state index in [1.54, 1.807) is 0 Å². The van der Waals surface area contributed by atoms with Crippen LogP contribution in [-0.4, -0.2) is 36.1 Å². The van der Waals surface area contributed by atoms with Crippen LogP contribution in [-0.2, 0) is 0 Å². The maximum absolute atomic E-state index is 13.0. The number of rotatable bonds is 7. The van der Waals surface area contributed by atoms with E-state index in [0.717, 1.165) is 43.8 Å². The number of nitrogens with zero attached hydrogens (tertiary/aromatic N) is 1. The van der Waals surface area contributed by atoms with Gasteiger partial charge in [-0.1, -0.05) is 37.6 Å². The fourth-order valence-corrected chi connectivity index (χ4v) is 3.41. The van der Waals surface area contributed by atoms with Crippen molar-refractivity contribution >= 4 is 39.1 Å². The third kappa shape index (κ3) is 3.65. The number of hydrogen-bond acceptors (Lipinski definition) is 3. The zero-order chi connectivity index (χ0) is 17.8. The Kier molecular flexibility index (Phi) is 5.61. The summed E-state index contributed by atoms with van der Waals surface area (Å²) < 4.78 is 0. The molecule has 2 N–H and O–H groups in total. The van der Waals surface area contributed by atoms with Crippen LogP contribution < -0.4 is 10.7 Å². The van der Waals surface area contributed by atoms with Gasteiger partial charge in [-0.15, -0.1) is 0 Å². The van der Waals surface area contributed by atoms with Crippen molar-refractivity contribution in [3.8, 4) is 0 Å². The van der Waals surface area contributed by atoms with Gasteiger partial charge in [-0.25, -0.2) is 0 Å². The molecule has 0 radical (unpaired) electrons. The standard InChI is InChI=1S/C20H24ClN3O/c1-3-24(4-2)13-7-12-22-17-11-10-15(21)19-18(17)20(25)14-8-5-6-9-16(14)23-19/h5-6,8-11,22H,3-4,7,12-13H2,1-2H3,(H,23,25). The quantitative estimate of drug-likeness (QED) is 0.484. The molecule has 3 aromatic rings. The smallest absolute Gasteiger partial charge is 0.199 e. The van der Waals surface area contributed by atoms with Crippen LogP contribution in [0.15, 0.2) is 41.2 Å². The van der Waals surface area contributed by atoms with Crippen LogP contribution in [0.25, 0.3) is 21.8 Å². The molecule has 132 valence electrons. The molecule has 0 aliphatic heterocycles. The number of pyridine rings is 1. The molecule has 0 atom stereocenters. The Morgan fingerprint density at radius 2 is 1.88 bits per heavy atom. The van der Waals surface area contributed by atoms with Crippen molar-refractivity contribution in [3.05, 3.63) is 51.6 Å². The molecule has 1 aromatic heterocycles. The molecule has 0 saturated carbocycles. The number of anilines is 1. The number of para-hydroxylation sites is 1. The highest BCUT2D eigenvalue weighted by atomic mass is 35.5. The highest BCUT2D eigenvalue weighted by Crippen LogP contribution is 2.28. The van der Waals surface area contributed by atoms with E-state index in [0.29, 0.717) is 21.3 Å². The molecular weight excluding hydrogens is 334 g/mol. The Balaban J connectivity index is 1.92. The fraction of sp³-hybridized carbons (Fsp3) is 0.350. The molecule has 0 spiro atoms. The highest BCUT2D eigenvalue weighted by molar-refractivity contribution is 6.35. The first-order valence-electron chi connectivity index (χ1n) is 8.85. The summed E-state index contributed by atoms with van der Waals surface area (Å²) in [5.41, 5.74) is 2.35. The SMILES string of the molecule is CCN(CC)CCCNc1ccc(Cl)c2[nH]c3ccccc3c(=O)c12. The average molecular weight is 358 g/mol. The van der Waals surface area contributed by atoms with E-state index >= 15 is 0 Å². The zero-order valence-electron chi connectivity index (χ0n) is 14.7. The summed E-state index contributed by atoms with van der Waals surface area (Å²) in [6.45, 7) is 8.34. The van der Waals surface area contributed by atoms with Crippen molar-refractivity contribution in [1.82, 2.24) is 9.88 Å². The molecule has 3 rings (SSSR count). The summed E-state index contributed by atoms with van der Waals surface area (Å²) in [6, 6.07) is 11.3. The lowest BCUT2D eigenvalue weighted by Gasteiger charge is -2.18. The van der Waals surface area contributed by atoms with Crippen LogP contribution in [0.5, 0.6) is 0 Å². The Morgan fingerprint density at radius 1 is 1.12 bits per heavy atom. The van der Waals surface area contributed by atoms with Crippen LogP contribution in [0.2, 0.25) is 5.02 Å². The van der Waals surface area contributed by atoms with Crippen LogP contribution >= 0.6 is 11.6 Å². The molecule has 2 aromatic carbocycles. The molecular formula is C20H24ClN3O. The largest absolute Gasteiger partial charge is 0.384 e. The summed E-state index contributed by atoms with van der Waals surface area (Å²) in [4.78, 5) is 18.7. The minimum atomic E-state index is 0.0121. The Labute approximate surface area is 152 Å². The molecule has 1 heterocycles. The lowest BCUT2D eigenvalue weighted by Crippen LogP contribution is -2.25.